The molecule has 0 N–H and O–H groups in total. The second-order valence-electron chi connectivity index (χ2n) is 10.4. The average Bonchev–Trinajstić information content (AvgIpc) is 3.44. The highest BCUT2D eigenvalue weighted by Crippen LogP contribution is 2.55. The van der Waals surface area contributed by atoms with E-state index in [1.165, 1.54) is 78.1 Å². The number of nitrogens with zero attached hydrogens (tertiary/aromatic N) is 2. The Balaban J connectivity index is 1.30. The van der Waals surface area contributed by atoms with Gasteiger partial charge in [0.2, 0.25) is 0 Å². The molecule has 0 spiro atoms. The lowest BCUT2D eigenvalue weighted by Gasteiger charge is -2.39. The predicted octanol–water partition coefficient (Wildman–Crippen LogP) is 7.50. The summed E-state index contributed by atoms with van der Waals surface area (Å²) in [5, 5.41) is 0. The van der Waals surface area contributed by atoms with Gasteiger partial charge in [-0.2, -0.15) is 0 Å². The molecule has 2 heteroatoms. The molecule has 4 aliphatic rings. The van der Waals surface area contributed by atoms with E-state index in [0.717, 1.165) is 31.5 Å². The van der Waals surface area contributed by atoms with Gasteiger partial charge < -0.3 is 0 Å². The molecule has 0 amide bonds. The van der Waals surface area contributed by atoms with Gasteiger partial charge in [-0.15, -0.1) is 0 Å². The minimum absolute atomic E-state index is 0.945. The normalized spacial score (nSPS) is 14.9. The molecule has 1 aromatic heterocycles. The average molecular weight is 447 g/mol. The highest BCUT2D eigenvalue weighted by atomic mass is 15.2. The third kappa shape index (κ3) is 2.27. The molecule has 2 aliphatic carbocycles. The third-order valence-electron chi connectivity index (χ3n) is 8.56. The number of rotatable bonds is 0. The molecule has 35 heavy (non-hydrogen) atoms. The van der Waals surface area contributed by atoms with Crippen LogP contribution in [-0.2, 0) is 25.7 Å². The lowest BCUT2D eigenvalue weighted by Crippen LogP contribution is -2.26. The van der Waals surface area contributed by atoms with Gasteiger partial charge in [0, 0.05) is 19.0 Å². The molecule has 5 aromatic rings. The maximum Gasteiger partial charge on any atom is 0.141 e. The minimum Gasteiger partial charge on any atom is -0.294 e. The highest BCUT2D eigenvalue weighted by molar-refractivity contribution is 5.94. The summed E-state index contributed by atoms with van der Waals surface area (Å²) in [6.07, 6.45) is 5.96. The van der Waals surface area contributed by atoms with Gasteiger partial charge >= 0.3 is 0 Å². The van der Waals surface area contributed by atoms with Crippen molar-refractivity contribution in [2.75, 3.05) is 4.90 Å². The van der Waals surface area contributed by atoms with Crippen LogP contribution >= 0.6 is 0 Å². The van der Waals surface area contributed by atoms with Crippen LogP contribution in [0.5, 0.6) is 0 Å². The van der Waals surface area contributed by atoms with Crippen molar-refractivity contribution < 1.29 is 0 Å². The minimum atomic E-state index is 0.945. The molecule has 0 saturated heterocycles. The van der Waals surface area contributed by atoms with Crippen LogP contribution in [0.4, 0.5) is 17.2 Å². The van der Waals surface area contributed by atoms with Crippen LogP contribution in [0.15, 0.2) is 85.1 Å². The van der Waals surface area contributed by atoms with E-state index >= 15 is 0 Å². The molecular formula is C33H22N2. The van der Waals surface area contributed by atoms with Crippen LogP contribution in [0.3, 0.4) is 0 Å². The van der Waals surface area contributed by atoms with Gasteiger partial charge in [0.05, 0.1) is 11.4 Å². The number of aromatic nitrogens is 1. The number of pyridine rings is 1. The Morgan fingerprint density at radius 3 is 2.23 bits per heavy atom. The maximum absolute atomic E-state index is 4.87. The van der Waals surface area contributed by atoms with Crippen molar-refractivity contribution in [2.24, 2.45) is 0 Å². The molecule has 164 valence electrons. The topological polar surface area (TPSA) is 16.1 Å². The lowest BCUT2D eigenvalue weighted by atomic mass is 9.83. The Bertz CT molecular complexity index is 1750. The SMILES string of the molecule is c1ccc2c(c1)Cc1cc3c(cc1-2)-c1cc2c4c(c1C3)Cc1ccccc1N4c1ncccc1C2. The Kier molecular flexibility index (Phi) is 3.27. The number of hydrogen-bond donors (Lipinski definition) is 0. The number of hydrogen-bond acceptors (Lipinski definition) is 2. The van der Waals surface area contributed by atoms with Gasteiger partial charge in [-0.05, 0) is 104 Å². The predicted molar refractivity (Wildman–Crippen MR) is 141 cm³/mol. The first kappa shape index (κ1) is 18.2. The van der Waals surface area contributed by atoms with Crippen molar-refractivity contribution in [1.82, 2.24) is 4.98 Å². The van der Waals surface area contributed by atoms with Crippen molar-refractivity contribution in [3.8, 4) is 22.3 Å². The van der Waals surface area contributed by atoms with Gasteiger partial charge in [-0.3, -0.25) is 4.90 Å². The fraction of sp³-hybridized carbons (Fsp3) is 0.121. The van der Waals surface area contributed by atoms with Crippen LogP contribution in [0.1, 0.15) is 44.5 Å². The molecule has 0 saturated carbocycles. The number of anilines is 3. The summed E-state index contributed by atoms with van der Waals surface area (Å²) in [5.74, 6) is 1.10. The Labute approximate surface area is 204 Å². The Hall–Kier alpha value is -4.17. The molecule has 0 atom stereocenters. The summed E-state index contributed by atoms with van der Waals surface area (Å²) in [5.41, 5.74) is 20.0. The molecule has 2 aliphatic heterocycles. The van der Waals surface area contributed by atoms with Crippen molar-refractivity contribution >= 4 is 17.2 Å². The third-order valence-corrected chi connectivity index (χ3v) is 8.56. The van der Waals surface area contributed by atoms with E-state index in [-0.39, 0.29) is 0 Å². The number of fused-ring (bicyclic) bond motifs is 11. The monoisotopic (exact) mass is 446 g/mol. The van der Waals surface area contributed by atoms with E-state index < -0.39 is 0 Å². The molecule has 0 bridgehead atoms. The lowest BCUT2D eigenvalue weighted by molar-refractivity contribution is 0.969. The first-order valence-electron chi connectivity index (χ1n) is 12.6. The van der Waals surface area contributed by atoms with E-state index in [4.69, 9.17) is 4.98 Å². The van der Waals surface area contributed by atoms with Gasteiger partial charge in [0.1, 0.15) is 5.82 Å². The smallest absolute Gasteiger partial charge is 0.141 e. The zero-order chi connectivity index (χ0) is 22.7. The van der Waals surface area contributed by atoms with Crippen molar-refractivity contribution in [1.29, 1.82) is 0 Å². The number of benzene rings is 4. The summed E-state index contributed by atoms with van der Waals surface area (Å²) >= 11 is 0. The molecule has 3 heterocycles. The zero-order valence-electron chi connectivity index (χ0n) is 19.3. The fourth-order valence-corrected chi connectivity index (χ4v) is 7.08. The summed E-state index contributed by atoms with van der Waals surface area (Å²) < 4.78 is 0. The molecular weight excluding hydrogens is 424 g/mol. The van der Waals surface area contributed by atoms with E-state index in [2.05, 4.69) is 83.8 Å². The van der Waals surface area contributed by atoms with Crippen molar-refractivity contribution in [2.45, 2.75) is 25.7 Å². The highest BCUT2D eigenvalue weighted by Gasteiger charge is 2.37. The van der Waals surface area contributed by atoms with Gasteiger partial charge in [0.25, 0.3) is 0 Å². The summed E-state index contributed by atoms with van der Waals surface area (Å²) in [7, 11) is 0. The summed E-state index contributed by atoms with van der Waals surface area (Å²) in [4.78, 5) is 7.31. The summed E-state index contributed by atoms with van der Waals surface area (Å²) in [6, 6.07) is 29.6. The second kappa shape index (κ2) is 6.28. The Morgan fingerprint density at radius 1 is 0.514 bits per heavy atom. The second-order valence-corrected chi connectivity index (χ2v) is 10.4. The summed E-state index contributed by atoms with van der Waals surface area (Å²) in [6.45, 7) is 0. The quantitative estimate of drug-likeness (QED) is 0.240. The van der Waals surface area contributed by atoms with E-state index in [1.54, 1.807) is 0 Å². The van der Waals surface area contributed by atoms with Crippen LogP contribution in [-0.4, -0.2) is 4.98 Å². The van der Waals surface area contributed by atoms with E-state index in [9.17, 15) is 0 Å². The largest absolute Gasteiger partial charge is 0.294 e. The molecule has 4 aromatic carbocycles. The molecule has 0 unspecified atom stereocenters. The van der Waals surface area contributed by atoms with Crippen molar-refractivity contribution in [3.05, 3.63) is 130 Å². The molecule has 9 rings (SSSR count). The van der Waals surface area contributed by atoms with E-state index in [0.29, 0.717) is 0 Å². The van der Waals surface area contributed by atoms with Crippen LogP contribution in [0.25, 0.3) is 22.3 Å². The van der Waals surface area contributed by atoms with Crippen LogP contribution in [0, 0.1) is 0 Å². The molecule has 2 nitrogen and oxygen atoms in total. The van der Waals surface area contributed by atoms with Crippen LogP contribution < -0.4 is 4.90 Å². The first-order valence-corrected chi connectivity index (χ1v) is 12.6. The standard InChI is InChI=1S/C33H22N2/c1-3-9-25-19(6-1)12-22-14-23-16-29-28(27(23)18-26(22)25)17-24-13-21-8-5-11-34-33(21)35-31-10-4-2-7-20(31)15-30(29)32(24)35/h1-11,14,17-18H,12-13,15-16H2. The maximum atomic E-state index is 4.87. The zero-order valence-corrected chi connectivity index (χ0v) is 19.3. The Morgan fingerprint density at radius 2 is 1.26 bits per heavy atom. The number of para-hydroxylation sites is 1. The van der Waals surface area contributed by atoms with Gasteiger partial charge in [-0.25, -0.2) is 4.98 Å². The van der Waals surface area contributed by atoms with Crippen LogP contribution in [0.2, 0.25) is 0 Å². The van der Waals surface area contributed by atoms with Crippen molar-refractivity contribution in [3.63, 3.8) is 0 Å². The first-order chi connectivity index (χ1) is 17.3. The van der Waals surface area contributed by atoms with E-state index in [1.807, 2.05) is 6.20 Å². The van der Waals surface area contributed by atoms with Gasteiger partial charge in [-0.1, -0.05) is 54.6 Å². The molecule has 0 fully saturated rings. The van der Waals surface area contributed by atoms with Gasteiger partial charge in [0.15, 0.2) is 0 Å². The fourth-order valence-electron chi connectivity index (χ4n) is 7.08. The molecule has 0 radical (unpaired) electrons.